The average Bonchev–Trinajstić information content (AvgIpc) is 3.31. The van der Waals surface area contributed by atoms with Crippen molar-refractivity contribution in [3.63, 3.8) is 0 Å². The van der Waals surface area contributed by atoms with Crippen LogP contribution in [0.15, 0.2) is 42.6 Å². The summed E-state index contributed by atoms with van der Waals surface area (Å²) in [5.74, 6) is -1.01. The summed E-state index contributed by atoms with van der Waals surface area (Å²) in [7, 11) is 4.56. The maximum atomic E-state index is 13.6. The van der Waals surface area contributed by atoms with Crippen molar-refractivity contribution in [2.24, 2.45) is 0 Å². The van der Waals surface area contributed by atoms with Crippen molar-refractivity contribution < 1.29 is 19.1 Å². The molecule has 0 radical (unpaired) electrons. The molecule has 4 rings (SSSR count). The molecule has 1 aliphatic heterocycles. The number of aromatic nitrogens is 1. The van der Waals surface area contributed by atoms with Crippen molar-refractivity contribution in [1.29, 1.82) is 0 Å². The molecular weight excluding hydrogens is 492 g/mol. The van der Waals surface area contributed by atoms with E-state index in [4.69, 9.17) is 16.3 Å². The molecule has 3 aromatic rings. The Morgan fingerprint density at radius 2 is 1.84 bits per heavy atom. The van der Waals surface area contributed by atoms with E-state index in [0.29, 0.717) is 40.3 Å². The van der Waals surface area contributed by atoms with Gasteiger partial charge >= 0.3 is 0 Å². The molecule has 2 amide bonds. The highest BCUT2D eigenvalue weighted by Crippen LogP contribution is 2.30. The Hall–Kier alpha value is -3.36. The topological polar surface area (TPSA) is 85.9 Å². The Kier molecular flexibility index (Phi) is 9.34. The number of carbonyl (C=O) groups excluding carboxylic acids is 3. The summed E-state index contributed by atoms with van der Waals surface area (Å²) >= 11 is 6.13. The molecule has 1 atom stereocenters. The summed E-state index contributed by atoms with van der Waals surface area (Å²) < 4.78 is 5.51. The highest BCUT2D eigenvalue weighted by molar-refractivity contribution is 6.44. The van der Waals surface area contributed by atoms with Crippen LogP contribution in [-0.4, -0.2) is 84.2 Å². The molecule has 8 nitrogen and oxygen atoms in total. The second kappa shape index (κ2) is 12.3. The van der Waals surface area contributed by atoms with E-state index in [1.165, 1.54) is 32.3 Å². The number of rotatable bonds is 6. The van der Waals surface area contributed by atoms with E-state index in [1.807, 2.05) is 43.0 Å². The smallest absolute Gasteiger partial charge is 0.294 e. The lowest BCUT2D eigenvalue weighted by molar-refractivity contribution is -0.124. The maximum absolute atomic E-state index is 13.6. The number of hydrogen-bond acceptors (Lipinski definition) is 5. The number of Topliss-reactive ketones (excluding diaryl/α,β-unsaturated/α-hetero) is 1. The van der Waals surface area contributed by atoms with E-state index in [9.17, 15) is 14.4 Å². The van der Waals surface area contributed by atoms with Gasteiger partial charge in [0.25, 0.3) is 17.6 Å². The molecule has 1 saturated heterocycles. The van der Waals surface area contributed by atoms with Gasteiger partial charge < -0.3 is 19.5 Å². The van der Waals surface area contributed by atoms with E-state index in [1.54, 1.807) is 12.1 Å². The van der Waals surface area contributed by atoms with E-state index in [-0.39, 0.29) is 17.5 Å². The van der Waals surface area contributed by atoms with Crippen molar-refractivity contribution in [3.8, 4) is 5.75 Å². The number of aromatic amines is 1. The minimum atomic E-state index is -0.631. The first-order valence-electron chi connectivity index (χ1n) is 12.4. The third-order valence-corrected chi connectivity index (χ3v) is 6.64. The van der Waals surface area contributed by atoms with Gasteiger partial charge in [0.05, 0.1) is 18.2 Å². The molecule has 0 saturated carbocycles. The number of nitrogens with zero attached hydrogens (tertiary/aromatic N) is 3. The molecule has 198 valence electrons. The molecule has 2 aromatic carbocycles. The molecule has 1 fully saturated rings. The molecule has 9 heteroatoms. The number of methoxy groups -OCH3 is 1. The number of ketones is 1. The Morgan fingerprint density at radius 1 is 1.11 bits per heavy atom. The van der Waals surface area contributed by atoms with Crippen molar-refractivity contribution >= 4 is 40.1 Å². The summed E-state index contributed by atoms with van der Waals surface area (Å²) in [6.45, 7) is 8.69. The summed E-state index contributed by atoms with van der Waals surface area (Å²) in [6.07, 6.45) is 1.50. The molecular formula is C28H35ClN4O4. The van der Waals surface area contributed by atoms with Crippen LogP contribution in [0.4, 0.5) is 0 Å². The summed E-state index contributed by atoms with van der Waals surface area (Å²) in [5, 5.41) is 1.23. The van der Waals surface area contributed by atoms with Crippen LogP contribution in [0.25, 0.3) is 10.9 Å². The molecule has 0 aliphatic carbocycles. The van der Waals surface area contributed by atoms with Gasteiger partial charge in [-0.25, -0.2) is 0 Å². The number of nitrogens with one attached hydrogen (secondary N) is 1. The molecule has 1 aromatic heterocycles. The van der Waals surface area contributed by atoms with Crippen LogP contribution < -0.4 is 4.74 Å². The molecule has 1 unspecified atom stereocenters. The predicted octanol–water partition coefficient (Wildman–Crippen LogP) is 4.47. The quantitative estimate of drug-likeness (QED) is 0.378. The summed E-state index contributed by atoms with van der Waals surface area (Å²) in [4.78, 5) is 46.9. The van der Waals surface area contributed by atoms with E-state index in [0.717, 1.165) is 18.7 Å². The van der Waals surface area contributed by atoms with Gasteiger partial charge in [-0.3, -0.25) is 19.3 Å². The number of ether oxygens (including phenoxy) is 1. The first-order valence-corrected chi connectivity index (χ1v) is 12.8. The zero-order chi connectivity index (χ0) is 27.3. The third-order valence-electron chi connectivity index (χ3n) is 6.40. The van der Waals surface area contributed by atoms with Gasteiger partial charge in [0.2, 0.25) is 0 Å². The minimum absolute atomic E-state index is 0.142. The van der Waals surface area contributed by atoms with Gasteiger partial charge in [-0.2, -0.15) is 0 Å². The van der Waals surface area contributed by atoms with Gasteiger partial charge in [0, 0.05) is 74.5 Å². The number of piperazine rings is 1. The van der Waals surface area contributed by atoms with Crippen molar-refractivity contribution in [2.45, 2.75) is 33.4 Å². The van der Waals surface area contributed by atoms with Crippen LogP contribution >= 0.6 is 11.6 Å². The SMILES string of the molecule is CC.COc1cc2[nH]cc(C(=O)C(=O)N(C)C)c2cc1C(=O)N1CCN(Cc2cccc(Cl)c2)C(C)C1. The molecule has 0 spiro atoms. The van der Waals surface area contributed by atoms with Crippen LogP contribution in [0.3, 0.4) is 0 Å². The Morgan fingerprint density at radius 3 is 2.46 bits per heavy atom. The number of H-pyrrole nitrogens is 1. The number of hydrogen-bond donors (Lipinski definition) is 1. The van der Waals surface area contributed by atoms with Crippen LogP contribution in [0.2, 0.25) is 5.02 Å². The van der Waals surface area contributed by atoms with Gasteiger partial charge in [-0.15, -0.1) is 0 Å². The highest BCUT2D eigenvalue weighted by Gasteiger charge is 2.30. The fourth-order valence-electron chi connectivity index (χ4n) is 4.45. The van der Waals surface area contributed by atoms with E-state index in [2.05, 4.69) is 16.8 Å². The van der Waals surface area contributed by atoms with Gasteiger partial charge in [-0.05, 0) is 30.7 Å². The van der Waals surface area contributed by atoms with E-state index >= 15 is 0 Å². The maximum Gasteiger partial charge on any atom is 0.294 e. The monoisotopic (exact) mass is 526 g/mol. The third kappa shape index (κ3) is 6.14. The molecule has 37 heavy (non-hydrogen) atoms. The molecule has 1 N–H and O–H groups in total. The van der Waals surface area contributed by atoms with Gasteiger partial charge in [-0.1, -0.05) is 37.6 Å². The number of likely N-dealkylation sites (N-methyl/N-ethyl adjacent to an activating group) is 1. The Bertz CT molecular complexity index is 1290. The minimum Gasteiger partial charge on any atom is -0.496 e. The first-order chi connectivity index (χ1) is 17.7. The number of fused-ring (bicyclic) bond motifs is 1. The fourth-order valence-corrected chi connectivity index (χ4v) is 4.66. The molecule has 1 aliphatic rings. The fraction of sp³-hybridized carbons (Fsp3) is 0.393. The largest absolute Gasteiger partial charge is 0.496 e. The Labute approximate surface area is 223 Å². The highest BCUT2D eigenvalue weighted by atomic mass is 35.5. The van der Waals surface area contributed by atoms with Gasteiger partial charge in [0.1, 0.15) is 5.75 Å². The van der Waals surface area contributed by atoms with Gasteiger partial charge in [0.15, 0.2) is 0 Å². The number of halogens is 1. The number of carbonyl (C=O) groups is 3. The van der Waals surface area contributed by atoms with Crippen LogP contribution in [0.5, 0.6) is 5.75 Å². The van der Waals surface area contributed by atoms with Crippen LogP contribution in [0.1, 0.15) is 47.1 Å². The Balaban J connectivity index is 0.00000186. The standard InChI is InChI=1S/C26H29ClN4O4.C2H6/c1-16-14-31(9-8-30(16)15-17-6-5-7-18(27)10-17)25(33)20-11-19-21(24(32)26(34)29(2)3)13-28-22(19)12-23(20)35-4;1-2/h5-7,10-13,16,28H,8-9,14-15H2,1-4H3;1-2H3. The average molecular weight is 527 g/mol. The van der Waals surface area contributed by atoms with Crippen LogP contribution in [-0.2, 0) is 11.3 Å². The second-order valence-corrected chi connectivity index (χ2v) is 9.47. The van der Waals surface area contributed by atoms with Crippen molar-refractivity contribution in [2.75, 3.05) is 40.8 Å². The summed E-state index contributed by atoms with van der Waals surface area (Å²) in [6, 6.07) is 11.3. The lowest BCUT2D eigenvalue weighted by Gasteiger charge is -2.40. The molecule has 0 bridgehead atoms. The van der Waals surface area contributed by atoms with Crippen molar-refractivity contribution in [3.05, 3.63) is 64.3 Å². The zero-order valence-corrected chi connectivity index (χ0v) is 23.1. The normalized spacial score (nSPS) is 15.6. The number of amides is 2. The zero-order valence-electron chi connectivity index (χ0n) is 22.3. The van der Waals surface area contributed by atoms with Crippen LogP contribution in [0, 0.1) is 0 Å². The lowest BCUT2D eigenvalue weighted by Crippen LogP contribution is -2.53. The second-order valence-electron chi connectivity index (χ2n) is 9.03. The van der Waals surface area contributed by atoms with E-state index < -0.39 is 11.7 Å². The predicted molar refractivity (Wildman–Crippen MR) is 146 cm³/mol. The number of benzene rings is 2. The first kappa shape index (κ1) is 28.2. The summed E-state index contributed by atoms with van der Waals surface area (Å²) in [5.41, 5.74) is 2.35. The van der Waals surface area contributed by atoms with Crippen molar-refractivity contribution in [1.82, 2.24) is 19.7 Å². The molecule has 2 heterocycles. The lowest BCUT2D eigenvalue weighted by atomic mass is 10.0.